The Morgan fingerprint density at radius 3 is 2.62 bits per heavy atom. The monoisotopic (exact) mass is 455 g/mol. The molecule has 8 heteroatoms. The van der Waals surface area contributed by atoms with Gasteiger partial charge in [0.05, 0.1) is 6.61 Å². The highest BCUT2D eigenvalue weighted by molar-refractivity contribution is 14.0. The Morgan fingerprint density at radius 1 is 1.29 bits per heavy atom. The van der Waals surface area contributed by atoms with E-state index in [1.54, 1.807) is 26.1 Å². The topological polar surface area (TPSA) is 54.9 Å². The summed E-state index contributed by atoms with van der Waals surface area (Å²) in [6.07, 6.45) is 2.54. The van der Waals surface area contributed by atoms with Crippen LogP contribution in [0.3, 0.4) is 0 Å². The molecule has 0 radical (unpaired) electrons. The number of aliphatic imine (C=N–C) groups is 1. The van der Waals surface area contributed by atoms with Crippen molar-refractivity contribution in [1.82, 2.24) is 10.6 Å². The van der Waals surface area contributed by atoms with Crippen LogP contribution in [0.25, 0.3) is 0 Å². The van der Waals surface area contributed by atoms with E-state index in [9.17, 15) is 8.78 Å². The molecule has 0 aromatic heterocycles. The van der Waals surface area contributed by atoms with Gasteiger partial charge in [-0.05, 0) is 43.4 Å². The summed E-state index contributed by atoms with van der Waals surface area (Å²) in [6, 6.07) is 4.92. The van der Waals surface area contributed by atoms with Crippen LogP contribution in [0, 0.1) is 5.92 Å². The first-order valence-corrected chi connectivity index (χ1v) is 7.77. The van der Waals surface area contributed by atoms with Crippen molar-refractivity contribution in [2.24, 2.45) is 10.9 Å². The van der Waals surface area contributed by atoms with Gasteiger partial charge < -0.3 is 20.1 Å². The third-order valence-electron chi connectivity index (χ3n) is 3.46. The van der Waals surface area contributed by atoms with Crippen LogP contribution in [0.15, 0.2) is 23.2 Å². The smallest absolute Gasteiger partial charge is 0.387 e. The number of hydrogen-bond acceptors (Lipinski definition) is 3. The average Bonchev–Trinajstić information content (AvgIpc) is 3.34. The Kier molecular flexibility index (Phi) is 9.09. The highest BCUT2D eigenvalue weighted by Crippen LogP contribution is 2.30. The zero-order valence-electron chi connectivity index (χ0n) is 13.9. The van der Waals surface area contributed by atoms with Gasteiger partial charge in [-0.25, -0.2) is 0 Å². The molecule has 5 nitrogen and oxygen atoms in total. The van der Waals surface area contributed by atoms with Crippen molar-refractivity contribution in [3.63, 3.8) is 0 Å². The van der Waals surface area contributed by atoms with Crippen LogP contribution in [0.1, 0.15) is 25.3 Å². The highest BCUT2D eigenvalue weighted by atomic mass is 127. The van der Waals surface area contributed by atoms with E-state index in [0.29, 0.717) is 18.9 Å². The van der Waals surface area contributed by atoms with Gasteiger partial charge in [0.15, 0.2) is 17.5 Å². The van der Waals surface area contributed by atoms with Gasteiger partial charge in [-0.2, -0.15) is 8.78 Å². The summed E-state index contributed by atoms with van der Waals surface area (Å²) in [5.74, 6) is 1.83. The van der Waals surface area contributed by atoms with E-state index in [-0.39, 0.29) is 29.7 Å². The second kappa shape index (κ2) is 10.5. The summed E-state index contributed by atoms with van der Waals surface area (Å²) in [5.41, 5.74) is 0.893. The Balaban J connectivity index is 0.00000288. The van der Waals surface area contributed by atoms with E-state index >= 15 is 0 Å². The standard InChI is InChI=1S/C16H23F2N3O2.HI/c1-3-22-14-8-12(6-7-13(14)23-15(17)18)10-21-16(19-2)20-9-11-4-5-11;/h6-8,11,15H,3-5,9-10H2,1-2H3,(H2,19,20,21);1H. The van der Waals surface area contributed by atoms with E-state index in [1.807, 2.05) is 0 Å². The minimum absolute atomic E-state index is 0. The van der Waals surface area contributed by atoms with Crippen LogP contribution in [-0.2, 0) is 6.54 Å². The molecule has 1 aliphatic rings. The lowest BCUT2D eigenvalue weighted by molar-refractivity contribution is -0.0514. The number of ether oxygens (including phenoxy) is 2. The molecular formula is C16H24F2IN3O2. The first-order valence-electron chi connectivity index (χ1n) is 7.77. The molecule has 1 saturated carbocycles. The van der Waals surface area contributed by atoms with E-state index < -0.39 is 6.61 Å². The van der Waals surface area contributed by atoms with Gasteiger partial charge in [0.25, 0.3) is 0 Å². The second-order valence-corrected chi connectivity index (χ2v) is 5.34. The minimum Gasteiger partial charge on any atom is -0.490 e. The first kappa shape index (κ1) is 20.7. The van der Waals surface area contributed by atoms with Gasteiger partial charge in [0.2, 0.25) is 0 Å². The van der Waals surface area contributed by atoms with Crippen LogP contribution < -0.4 is 20.1 Å². The largest absolute Gasteiger partial charge is 0.490 e. The van der Waals surface area contributed by atoms with E-state index in [1.165, 1.54) is 18.9 Å². The lowest BCUT2D eigenvalue weighted by Gasteiger charge is -2.14. The summed E-state index contributed by atoms with van der Waals surface area (Å²) in [6.45, 7) is 0.732. The van der Waals surface area contributed by atoms with Gasteiger partial charge >= 0.3 is 6.61 Å². The summed E-state index contributed by atoms with van der Waals surface area (Å²) < 4.78 is 34.6. The lowest BCUT2D eigenvalue weighted by Crippen LogP contribution is -2.37. The summed E-state index contributed by atoms with van der Waals surface area (Å²) in [7, 11) is 1.72. The van der Waals surface area contributed by atoms with Crippen LogP contribution in [0.2, 0.25) is 0 Å². The fourth-order valence-corrected chi connectivity index (χ4v) is 2.09. The van der Waals surface area contributed by atoms with Crippen LogP contribution in [0.5, 0.6) is 11.5 Å². The molecule has 0 spiro atoms. The SMILES string of the molecule is CCOc1cc(CNC(=NC)NCC2CC2)ccc1OC(F)F.I. The summed E-state index contributed by atoms with van der Waals surface area (Å²) in [5, 5.41) is 6.46. The van der Waals surface area contributed by atoms with Crippen LogP contribution in [0.4, 0.5) is 8.78 Å². The number of rotatable bonds is 8. The van der Waals surface area contributed by atoms with Gasteiger partial charge in [-0.15, -0.1) is 24.0 Å². The van der Waals surface area contributed by atoms with Crippen molar-refractivity contribution in [2.75, 3.05) is 20.2 Å². The Hall–Kier alpha value is -1.32. The van der Waals surface area contributed by atoms with Crippen LogP contribution in [-0.4, -0.2) is 32.8 Å². The average molecular weight is 455 g/mol. The Bertz CT molecular complexity index is 540. The molecule has 0 heterocycles. The number of nitrogens with one attached hydrogen (secondary N) is 2. The van der Waals surface area contributed by atoms with Gasteiger partial charge in [-0.1, -0.05) is 6.07 Å². The lowest BCUT2D eigenvalue weighted by atomic mass is 10.2. The summed E-state index contributed by atoms with van der Waals surface area (Å²) in [4.78, 5) is 4.16. The maximum Gasteiger partial charge on any atom is 0.387 e. The zero-order chi connectivity index (χ0) is 16.7. The highest BCUT2D eigenvalue weighted by Gasteiger charge is 2.21. The summed E-state index contributed by atoms with van der Waals surface area (Å²) >= 11 is 0. The normalized spacial score (nSPS) is 14.1. The Morgan fingerprint density at radius 2 is 2.04 bits per heavy atom. The molecule has 1 fully saturated rings. The van der Waals surface area contributed by atoms with Crippen LogP contribution >= 0.6 is 24.0 Å². The number of halogens is 3. The first-order chi connectivity index (χ1) is 11.1. The molecule has 2 N–H and O–H groups in total. The quantitative estimate of drug-likeness (QED) is 0.359. The van der Waals surface area contributed by atoms with E-state index in [0.717, 1.165) is 24.0 Å². The van der Waals surface area contributed by atoms with Crippen molar-refractivity contribution in [3.05, 3.63) is 23.8 Å². The molecular weight excluding hydrogens is 431 g/mol. The minimum atomic E-state index is -2.87. The number of alkyl halides is 2. The fraction of sp³-hybridized carbons (Fsp3) is 0.562. The van der Waals surface area contributed by atoms with Crippen molar-refractivity contribution in [1.29, 1.82) is 0 Å². The predicted octanol–water partition coefficient (Wildman–Crippen LogP) is 3.38. The molecule has 0 aliphatic heterocycles. The number of benzene rings is 1. The fourth-order valence-electron chi connectivity index (χ4n) is 2.09. The maximum atomic E-state index is 12.4. The van der Waals surface area contributed by atoms with Gasteiger partial charge in [0.1, 0.15) is 0 Å². The maximum absolute atomic E-state index is 12.4. The van der Waals surface area contributed by atoms with Crippen molar-refractivity contribution in [3.8, 4) is 11.5 Å². The van der Waals surface area contributed by atoms with Crippen molar-refractivity contribution in [2.45, 2.75) is 32.9 Å². The molecule has 0 unspecified atom stereocenters. The molecule has 136 valence electrons. The zero-order valence-corrected chi connectivity index (χ0v) is 16.2. The van der Waals surface area contributed by atoms with Gasteiger partial charge in [0, 0.05) is 20.1 Å². The molecule has 0 saturated heterocycles. The van der Waals surface area contributed by atoms with Crippen molar-refractivity contribution < 1.29 is 18.3 Å². The third kappa shape index (κ3) is 7.06. The molecule has 1 aromatic rings. The molecule has 0 bridgehead atoms. The second-order valence-electron chi connectivity index (χ2n) is 5.34. The van der Waals surface area contributed by atoms with Crippen molar-refractivity contribution >= 4 is 29.9 Å². The number of hydrogen-bond donors (Lipinski definition) is 2. The molecule has 1 aliphatic carbocycles. The predicted molar refractivity (Wildman–Crippen MR) is 101 cm³/mol. The molecule has 2 rings (SSSR count). The Labute approximate surface area is 158 Å². The number of nitrogens with zero attached hydrogens (tertiary/aromatic N) is 1. The third-order valence-corrected chi connectivity index (χ3v) is 3.46. The molecule has 24 heavy (non-hydrogen) atoms. The number of guanidine groups is 1. The van der Waals surface area contributed by atoms with Gasteiger partial charge in [-0.3, -0.25) is 4.99 Å². The molecule has 0 atom stereocenters. The molecule has 1 aromatic carbocycles. The van der Waals surface area contributed by atoms with E-state index in [4.69, 9.17) is 4.74 Å². The van der Waals surface area contributed by atoms with E-state index in [2.05, 4.69) is 20.4 Å². The molecule has 0 amide bonds.